The van der Waals surface area contributed by atoms with E-state index >= 15 is 0 Å². The van der Waals surface area contributed by atoms with E-state index in [0.29, 0.717) is 19.6 Å². The first-order chi connectivity index (χ1) is 18.1. The molecule has 0 spiro atoms. The van der Waals surface area contributed by atoms with Gasteiger partial charge in [0.2, 0.25) is 0 Å². The van der Waals surface area contributed by atoms with E-state index in [0.717, 1.165) is 21.2 Å². The molecular formula is C26H34N4O7S. The van der Waals surface area contributed by atoms with Crippen LogP contribution in [0.4, 0.5) is 10.5 Å². The van der Waals surface area contributed by atoms with Crippen molar-refractivity contribution in [2.75, 3.05) is 50.3 Å². The van der Waals surface area contributed by atoms with E-state index in [2.05, 4.69) is 5.32 Å². The van der Waals surface area contributed by atoms with Gasteiger partial charge in [-0.25, -0.2) is 22.8 Å². The maximum Gasteiger partial charge on any atom is 0.441 e. The molecule has 11 nitrogen and oxygen atoms in total. The molecule has 3 rings (SSSR count). The molecule has 38 heavy (non-hydrogen) atoms. The molecule has 0 bridgehead atoms. The highest BCUT2D eigenvalue weighted by Crippen LogP contribution is 2.19. The second kappa shape index (κ2) is 13.2. The van der Waals surface area contributed by atoms with Gasteiger partial charge in [0, 0.05) is 25.3 Å². The molecule has 1 N–H and O–H groups in total. The summed E-state index contributed by atoms with van der Waals surface area (Å²) in [4.78, 5) is 46.6. The Morgan fingerprint density at radius 1 is 0.921 bits per heavy atom. The van der Waals surface area contributed by atoms with Crippen LogP contribution in [0.25, 0.3) is 0 Å². The first kappa shape index (κ1) is 28.9. The number of hydroxylamine groups is 2. The van der Waals surface area contributed by atoms with Crippen LogP contribution in [0, 0.1) is 6.92 Å². The summed E-state index contributed by atoms with van der Waals surface area (Å²) >= 11 is 0. The number of benzene rings is 2. The third-order valence-electron chi connectivity index (χ3n) is 6.12. The van der Waals surface area contributed by atoms with Crippen LogP contribution in [-0.4, -0.2) is 92.5 Å². The molecule has 1 atom stereocenters. The minimum absolute atomic E-state index is 0.00394. The highest BCUT2D eigenvalue weighted by Gasteiger charge is 2.40. The standard InChI is InChI=1S/C26H34N4O7S/c1-4-28(5-2)17-18-30-26(33)29(16-15-27-21-13-11-20(3)12-14-21)23(36-24(31)25(32)37-30)19-38(34,35)22-9-7-6-8-10-22/h6-14,23,27H,4-5,15-19H2,1-3H3. The van der Waals surface area contributed by atoms with Gasteiger partial charge in [-0.15, -0.1) is 0 Å². The number of amides is 2. The lowest BCUT2D eigenvalue weighted by molar-refractivity contribution is -0.204. The van der Waals surface area contributed by atoms with E-state index in [1.807, 2.05) is 49.9 Å². The first-order valence-electron chi connectivity index (χ1n) is 12.5. The van der Waals surface area contributed by atoms with Gasteiger partial charge in [0.15, 0.2) is 16.1 Å². The van der Waals surface area contributed by atoms with Crippen molar-refractivity contribution in [3.05, 3.63) is 60.2 Å². The number of carbonyl (C=O) groups excluding carboxylic acids is 3. The molecule has 1 heterocycles. The fourth-order valence-electron chi connectivity index (χ4n) is 3.86. The fourth-order valence-corrected chi connectivity index (χ4v) is 5.25. The third kappa shape index (κ3) is 7.68. The number of rotatable bonds is 12. The Morgan fingerprint density at radius 2 is 1.58 bits per heavy atom. The Balaban J connectivity index is 1.88. The zero-order valence-corrected chi connectivity index (χ0v) is 22.6. The Kier molecular flexibility index (Phi) is 10.1. The number of nitrogens with one attached hydrogen (secondary N) is 1. The summed E-state index contributed by atoms with van der Waals surface area (Å²) in [5.74, 6) is -3.50. The maximum atomic E-state index is 13.6. The van der Waals surface area contributed by atoms with Crippen molar-refractivity contribution < 1.29 is 32.4 Å². The van der Waals surface area contributed by atoms with E-state index in [9.17, 15) is 22.8 Å². The van der Waals surface area contributed by atoms with Crippen LogP contribution in [0.5, 0.6) is 0 Å². The average Bonchev–Trinajstić information content (AvgIpc) is 2.91. The summed E-state index contributed by atoms with van der Waals surface area (Å²) in [5, 5.41) is 3.98. The Labute approximate surface area is 223 Å². The van der Waals surface area contributed by atoms with Crippen molar-refractivity contribution in [3.63, 3.8) is 0 Å². The third-order valence-corrected chi connectivity index (χ3v) is 7.84. The molecule has 2 amide bonds. The molecule has 1 fully saturated rings. The van der Waals surface area contributed by atoms with E-state index in [-0.39, 0.29) is 24.5 Å². The maximum absolute atomic E-state index is 13.6. The lowest BCUT2D eigenvalue weighted by Crippen LogP contribution is -2.57. The molecule has 1 saturated heterocycles. The predicted molar refractivity (Wildman–Crippen MR) is 141 cm³/mol. The van der Waals surface area contributed by atoms with Crippen LogP contribution >= 0.6 is 0 Å². The summed E-state index contributed by atoms with van der Waals surface area (Å²) in [6, 6.07) is 14.5. The van der Waals surface area contributed by atoms with Gasteiger partial charge in [0.25, 0.3) is 0 Å². The van der Waals surface area contributed by atoms with Crippen LogP contribution in [0.3, 0.4) is 0 Å². The number of ether oxygens (including phenoxy) is 1. The van der Waals surface area contributed by atoms with Crippen LogP contribution in [0.1, 0.15) is 19.4 Å². The fraction of sp³-hybridized carbons (Fsp3) is 0.423. The van der Waals surface area contributed by atoms with Crippen molar-refractivity contribution in [2.45, 2.75) is 31.9 Å². The normalized spacial score (nSPS) is 16.6. The van der Waals surface area contributed by atoms with Crippen LogP contribution in [0.15, 0.2) is 59.5 Å². The SMILES string of the molecule is CCN(CC)CCN1OC(=O)C(=O)OC(CS(=O)(=O)c2ccccc2)N(CCNc2ccc(C)cc2)C1=O. The molecule has 2 aromatic rings. The number of sulfone groups is 1. The minimum atomic E-state index is -3.99. The molecule has 12 heteroatoms. The molecule has 0 aromatic heterocycles. The number of anilines is 1. The molecule has 0 aliphatic carbocycles. The van der Waals surface area contributed by atoms with E-state index in [4.69, 9.17) is 9.57 Å². The number of likely N-dealkylation sites (N-methyl/N-ethyl adjacent to an activating group) is 1. The van der Waals surface area contributed by atoms with Crippen molar-refractivity contribution >= 4 is 33.5 Å². The number of carbonyl (C=O) groups is 3. The van der Waals surface area contributed by atoms with Gasteiger partial charge in [-0.1, -0.05) is 49.7 Å². The zero-order chi connectivity index (χ0) is 27.7. The second-order valence-electron chi connectivity index (χ2n) is 8.73. The minimum Gasteiger partial charge on any atom is -0.432 e. The monoisotopic (exact) mass is 546 g/mol. The van der Waals surface area contributed by atoms with Gasteiger partial charge in [-0.3, -0.25) is 4.90 Å². The topological polar surface area (TPSA) is 126 Å². The van der Waals surface area contributed by atoms with Gasteiger partial charge in [-0.2, -0.15) is 5.06 Å². The number of aryl methyl sites for hydroxylation is 1. The average molecular weight is 547 g/mol. The van der Waals surface area contributed by atoms with Gasteiger partial charge in [-0.05, 0) is 44.3 Å². The van der Waals surface area contributed by atoms with Gasteiger partial charge in [0.05, 0.1) is 11.4 Å². The highest BCUT2D eigenvalue weighted by molar-refractivity contribution is 7.91. The molecule has 1 aliphatic heterocycles. The summed E-state index contributed by atoms with van der Waals surface area (Å²) in [7, 11) is -3.99. The quantitative estimate of drug-likeness (QED) is 0.315. The number of hydrogen-bond donors (Lipinski definition) is 1. The van der Waals surface area contributed by atoms with Gasteiger partial charge >= 0.3 is 18.0 Å². The summed E-state index contributed by atoms with van der Waals surface area (Å²) in [6.45, 7) is 7.82. The second-order valence-corrected chi connectivity index (χ2v) is 10.8. The van der Waals surface area contributed by atoms with Gasteiger partial charge < -0.3 is 19.8 Å². The molecular weight excluding hydrogens is 512 g/mol. The highest BCUT2D eigenvalue weighted by atomic mass is 32.2. The number of cyclic esters (lactones) is 1. The molecule has 1 unspecified atom stereocenters. The smallest absolute Gasteiger partial charge is 0.432 e. The van der Waals surface area contributed by atoms with E-state index in [1.165, 1.54) is 12.1 Å². The molecule has 0 radical (unpaired) electrons. The van der Waals surface area contributed by atoms with Crippen LogP contribution < -0.4 is 5.32 Å². The van der Waals surface area contributed by atoms with E-state index < -0.39 is 39.8 Å². The lowest BCUT2D eigenvalue weighted by Gasteiger charge is -2.36. The Morgan fingerprint density at radius 3 is 2.21 bits per heavy atom. The Bertz CT molecular complexity index is 1200. The number of urea groups is 1. The molecule has 206 valence electrons. The summed E-state index contributed by atoms with van der Waals surface area (Å²) in [6.07, 6.45) is -1.55. The van der Waals surface area contributed by atoms with Crippen molar-refractivity contribution in [1.82, 2.24) is 14.9 Å². The van der Waals surface area contributed by atoms with Crippen LogP contribution in [0.2, 0.25) is 0 Å². The van der Waals surface area contributed by atoms with Gasteiger partial charge in [0.1, 0.15) is 5.75 Å². The largest absolute Gasteiger partial charge is 0.441 e. The number of nitrogens with zero attached hydrogens (tertiary/aromatic N) is 3. The van der Waals surface area contributed by atoms with Crippen molar-refractivity contribution in [2.24, 2.45) is 0 Å². The van der Waals surface area contributed by atoms with E-state index in [1.54, 1.807) is 18.2 Å². The number of hydrogen-bond acceptors (Lipinski definition) is 9. The first-order valence-corrected chi connectivity index (χ1v) is 14.1. The Hall–Kier alpha value is -3.64. The van der Waals surface area contributed by atoms with Crippen LogP contribution in [-0.2, 0) is 29.0 Å². The molecule has 2 aromatic carbocycles. The lowest BCUT2D eigenvalue weighted by atomic mass is 10.2. The van der Waals surface area contributed by atoms with Crippen molar-refractivity contribution in [3.8, 4) is 0 Å². The molecule has 0 saturated carbocycles. The van der Waals surface area contributed by atoms with Crippen molar-refractivity contribution in [1.29, 1.82) is 0 Å². The summed E-state index contributed by atoms with van der Waals surface area (Å²) < 4.78 is 31.5. The molecule has 1 aliphatic rings. The zero-order valence-electron chi connectivity index (χ0n) is 21.8. The summed E-state index contributed by atoms with van der Waals surface area (Å²) in [5.41, 5.74) is 1.88. The number of esters is 1. The predicted octanol–water partition coefficient (Wildman–Crippen LogP) is 2.29.